The number of methoxy groups -OCH3 is 1. The van der Waals surface area contributed by atoms with Crippen molar-refractivity contribution in [1.29, 1.82) is 0 Å². The van der Waals surface area contributed by atoms with Crippen molar-refractivity contribution >= 4 is 16.9 Å². The molecule has 2 heterocycles. The Bertz CT molecular complexity index is 1100. The van der Waals surface area contributed by atoms with Crippen molar-refractivity contribution in [2.75, 3.05) is 13.7 Å². The number of hydrogen-bond donors (Lipinski definition) is 0. The zero-order chi connectivity index (χ0) is 23.5. The van der Waals surface area contributed by atoms with Crippen LogP contribution >= 0.6 is 0 Å². The van der Waals surface area contributed by atoms with Crippen molar-refractivity contribution in [2.45, 2.75) is 59.1 Å². The summed E-state index contributed by atoms with van der Waals surface area (Å²) in [5.74, 6) is 0.400. The number of ether oxygens (including phenoxy) is 2. The van der Waals surface area contributed by atoms with Gasteiger partial charge in [-0.25, -0.2) is 0 Å². The Labute approximate surface area is 195 Å². The fourth-order valence-electron chi connectivity index (χ4n) is 3.83. The lowest BCUT2D eigenvalue weighted by Gasteiger charge is -2.13. The molecule has 0 aliphatic rings. The first-order valence-corrected chi connectivity index (χ1v) is 11.6. The minimum Gasteiger partial charge on any atom is -0.469 e. The van der Waals surface area contributed by atoms with Crippen molar-refractivity contribution in [2.24, 2.45) is 0 Å². The number of fused-ring (bicyclic) bond motifs is 1. The molecule has 3 rings (SSSR count). The van der Waals surface area contributed by atoms with Crippen LogP contribution in [-0.2, 0) is 33.8 Å². The molecule has 6 heteroatoms. The maximum atomic E-state index is 11.1. The Balaban J connectivity index is 1.51. The number of hydrogen-bond acceptors (Lipinski definition) is 5. The highest BCUT2D eigenvalue weighted by Gasteiger charge is 2.06. The third-order valence-electron chi connectivity index (χ3n) is 5.69. The van der Waals surface area contributed by atoms with Crippen LogP contribution in [-0.4, -0.2) is 29.4 Å². The molecule has 0 N–H and O–H groups in total. The van der Waals surface area contributed by atoms with E-state index in [9.17, 15) is 4.79 Å². The van der Waals surface area contributed by atoms with Gasteiger partial charge in [0.05, 0.1) is 25.8 Å². The van der Waals surface area contributed by atoms with Crippen LogP contribution < -0.4 is 0 Å². The summed E-state index contributed by atoms with van der Waals surface area (Å²) in [4.78, 5) is 11.1. The summed E-state index contributed by atoms with van der Waals surface area (Å²) in [6, 6.07) is 19.1. The van der Waals surface area contributed by atoms with Crippen molar-refractivity contribution in [3.05, 3.63) is 77.3 Å². The molecule has 0 saturated heterocycles. The third-order valence-corrected chi connectivity index (χ3v) is 5.69. The van der Waals surface area contributed by atoms with Gasteiger partial charge in [-0.15, -0.1) is 0 Å². The Morgan fingerprint density at radius 1 is 1.03 bits per heavy atom. The first kappa shape index (κ1) is 24.5. The molecule has 0 atom stereocenters. The van der Waals surface area contributed by atoms with Crippen LogP contribution in [0.15, 0.2) is 59.1 Å². The number of carbonyl (C=O) groups excluding carboxylic acids is 1. The van der Waals surface area contributed by atoms with Crippen molar-refractivity contribution < 1.29 is 18.8 Å². The van der Waals surface area contributed by atoms with Crippen molar-refractivity contribution in [3.8, 4) is 0 Å². The summed E-state index contributed by atoms with van der Waals surface area (Å²) in [5.41, 5.74) is 4.72. The average molecular weight is 451 g/mol. The highest BCUT2D eigenvalue weighted by atomic mass is 16.5. The van der Waals surface area contributed by atoms with E-state index in [-0.39, 0.29) is 12.4 Å². The van der Waals surface area contributed by atoms with Crippen LogP contribution in [0.25, 0.3) is 10.9 Å². The Kier molecular flexibility index (Phi) is 9.51. The number of aromatic nitrogens is 2. The second-order valence-corrected chi connectivity index (χ2v) is 8.19. The van der Waals surface area contributed by atoms with Gasteiger partial charge in [0.25, 0.3) is 0 Å². The number of unbranched alkanes of at least 4 members (excludes halogenated alkanes) is 2. The lowest BCUT2D eigenvalue weighted by Crippen LogP contribution is -2.05. The number of esters is 1. The summed E-state index contributed by atoms with van der Waals surface area (Å²) < 4.78 is 17.8. The second-order valence-electron chi connectivity index (χ2n) is 8.19. The van der Waals surface area contributed by atoms with E-state index in [0.717, 1.165) is 37.9 Å². The Morgan fingerprint density at radius 2 is 1.82 bits per heavy atom. The van der Waals surface area contributed by atoms with Gasteiger partial charge in [0, 0.05) is 29.2 Å². The van der Waals surface area contributed by atoms with Gasteiger partial charge in [-0.2, -0.15) is 0 Å². The number of aryl methyl sites for hydroxylation is 4. The van der Waals surface area contributed by atoms with E-state index in [4.69, 9.17) is 9.26 Å². The molecule has 33 heavy (non-hydrogen) atoms. The van der Waals surface area contributed by atoms with E-state index >= 15 is 0 Å². The van der Waals surface area contributed by atoms with Crippen LogP contribution in [0.3, 0.4) is 0 Å². The number of carbonyl (C=O) groups is 1. The maximum Gasteiger partial charge on any atom is 0.307 e. The third kappa shape index (κ3) is 7.46. The molecular weight excluding hydrogens is 416 g/mol. The molecule has 0 amide bonds. The minimum atomic E-state index is -0.281. The Hall–Kier alpha value is -3.12. The minimum absolute atomic E-state index is 0.236. The molecular formula is C27H34N2O4. The number of nitrogens with zero attached hydrogens (tertiary/aromatic N) is 2. The molecule has 0 bridgehead atoms. The zero-order valence-electron chi connectivity index (χ0n) is 19.9. The first-order chi connectivity index (χ1) is 16.1. The smallest absolute Gasteiger partial charge is 0.307 e. The van der Waals surface area contributed by atoms with Crippen molar-refractivity contribution in [3.63, 3.8) is 0 Å². The predicted molar refractivity (Wildman–Crippen MR) is 129 cm³/mol. The molecule has 3 aromatic rings. The highest BCUT2D eigenvalue weighted by molar-refractivity contribution is 5.81. The van der Waals surface area contributed by atoms with Crippen LogP contribution in [0.1, 0.15) is 48.4 Å². The van der Waals surface area contributed by atoms with Gasteiger partial charge in [-0.1, -0.05) is 48.0 Å². The molecule has 0 aliphatic carbocycles. The van der Waals surface area contributed by atoms with Gasteiger partial charge in [-0.3, -0.25) is 4.79 Å². The van der Waals surface area contributed by atoms with E-state index in [0.29, 0.717) is 19.0 Å². The lowest BCUT2D eigenvalue weighted by molar-refractivity contribution is -0.142. The van der Waals surface area contributed by atoms with E-state index in [1.807, 2.05) is 6.07 Å². The molecule has 2 aromatic heterocycles. The molecule has 176 valence electrons. The largest absolute Gasteiger partial charge is 0.469 e. The summed E-state index contributed by atoms with van der Waals surface area (Å²) in [6.45, 7) is 5.93. The molecule has 0 fully saturated rings. The average Bonchev–Trinajstić information content (AvgIpc) is 3.30. The molecule has 0 aliphatic heterocycles. The molecule has 6 nitrogen and oxygen atoms in total. The molecule has 0 unspecified atom stereocenters. The summed E-state index contributed by atoms with van der Waals surface area (Å²) in [7, 11) is 1.37. The molecule has 1 aromatic carbocycles. The monoisotopic (exact) mass is 450 g/mol. The summed E-state index contributed by atoms with van der Waals surface area (Å²) in [5, 5.41) is 5.42. The van der Waals surface area contributed by atoms with Crippen molar-refractivity contribution in [1.82, 2.24) is 9.72 Å². The topological polar surface area (TPSA) is 66.5 Å². The van der Waals surface area contributed by atoms with Gasteiger partial charge in [0.2, 0.25) is 0 Å². The molecule has 0 saturated carbocycles. The SMILES string of the molecule is COC(=O)CCOCc1cc(CCCCCn2c(C)ccccc(C)c3ccccc32)no1. The first-order valence-electron chi connectivity index (χ1n) is 11.6. The lowest BCUT2D eigenvalue weighted by atomic mass is 10.1. The van der Waals surface area contributed by atoms with Gasteiger partial charge in [-0.05, 0) is 50.8 Å². The second kappa shape index (κ2) is 12.8. The fourth-order valence-corrected chi connectivity index (χ4v) is 3.83. The zero-order valence-corrected chi connectivity index (χ0v) is 19.9. The number of para-hydroxylation sites is 1. The van der Waals surface area contributed by atoms with Crippen LogP contribution in [0.4, 0.5) is 0 Å². The summed E-state index contributed by atoms with van der Waals surface area (Å²) in [6.07, 6.45) is 4.36. The normalized spacial score (nSPS) is 10.9. The molecule has 0 radical (unpaired) electrons. The Morgan fingerprint density at radius 3 is 2.67 bits per heavy atom. The van der Waals surface area contributed by atoms with Crippen LogP contribution in [0.5, 0.6) is 0 Å². The van der Waals surface area contributed by atoms with E-state index in [2.05, 4.69) is 76.8 Å². The van der Waals surface area contributed by atoms with Crippen LogP contribution in [0, 0.1) is 13.8 Å². The van der Waals surface area contributed by atoms with E-state index in [1.165, 1.54) is 29.3 Å². The van der Waals surface area contributed by atoms with E-state index in [1.54, 1.807) is 0 Å². The van der Waals surface area contributed by atoms with Gasteiger partial charge >= 0.3 is 5.97 Å². The van der Waals surface area contributed by atoms with Gasteiger partial charge in [0.1, 0.15) is 6.61 Å². The van der Waals surface area contributed by atoms with Gasteiger partial charge < -0.3 is 18.6 Å². The summed E-state index contributed by atoms with van der Waals surface area (Å²) >= 11 is 0. The quantitative estimate of drug-likeness (QED) is 0.270. The number of benzene rings is 1. The number of rotatable bonds is 11. The predicted octanol–water partition coefficient (Wildman–Crippen LogP) is 5.86. The van der Waals surface area contributed by atoms with E-state index < -0.39 is 0 Å². The highest BCUT2D eigenvalue weighted by Crippen LogP contribution is 2.18. The standard InChI is InChI=1S/C27H34N2O4/c1-21-11-6-7-12-22(2)29(26-15-9-8-14-25(21)26)17-10-4-5-13-23-19-24(33-28-23)20-32-18-16-27(30)31-3/h6-9,11-12,14-15,19H,4-5,10,13,16-18,20H2,1-3H3. The maximum absolute atomic E-state index is 11.1. The van der Waals surface area contributed by atoms with Gasteiger partial charge in [0.15, 0.2) is 5.76 Å². The van der Waals surface area contributed by atoms with Crippen LogP contribution in [0.2, 0.25) is 0 Å². The fraction of sp³-hybridized carbons (Fsp3) is 0.407. The molecule has 0 spiro atoms.